The van der Waals surface area contributed by atoms with E-state index in [2.05, 4.69) is 54.6 Å². The Bertz CT molecular complexity index is 829. The molecule has 0 spiro atoms. The third kappa shape index (κ3) is 6.95. The Labute approximate surface area is 190 Å². The van der Waals surface area contributed by atoms with E-state index < -0.39 is 0 Å². The summed E-state index contributed by atoms with van der Waals surface area (Å²) in [5, 5.41) is 7.03. The predicted molar refractivity (Wildman–Crippen MR) is 132 cm³/mol. The maximum atomic E-state index is 12.8. The summed E-state index contributed by atoms with van der Waals surface area (Å²) >= 11 is 3.18. The molecule has 30 heavy (non-hydrogen) atoms. The van der Waals surface area contributed by atoms with Crippen molar-refractivity contribution < 1.29 is 4.79 Å². The van der Waals surface area contributed by atoms with Crippen LogP contribution in [0, 0.1) is 20.8 Å². The second kappa shape index (κ2) is 12.3. The quantitative estimate of drug-likeness (QED) is 0.307. The van der Waals surface area contributed by atoms with Gasteiger partial charge in [-0.1, -0.05) is 49.9 Å². The summed E-state index contributed by atoms with van der Waals surface area (Å²) < 4.78 is 0. The molecule has 0 saturated heterocycles. The molecule has 1 aromatic heterocycles. The van der Waals surface area contributed by atoms with Crippen molar-refractivity contribution in [3.8, 4) is 0 Å². The highest BCUT2D eigenvalue weighted by molar-refractivity contribution is 7.99. The number of nitrogens with one attached hydrogen (secondary N) is 2. The molecule has 164 valence electrons. The van der Waals surface area contributed by atoms with Gasteiger partial charge >= 0.3 is 6.03 Å². The van der Waals surface area contributed by atoms with Gasteiger partial charge in [-0.15, -0.1) is 23.5 Å². The Morgan fingerprint density at radius 3 is 2.53 bits per heavy atom. The fourth-order valence-corrected chi connectivity index (χ4v) is 4.93. The second-order valence-corrected chi connectivity index (χ2v) is 9.38. The first kappa shape index (κ1) is 24.6. The molecular formula is C24H35N3OS2. The lowest BCUT2D eigenvalue weighted by atomic mass is 9.89. The average Bonchev–Trinajstić information content (AvgIpc) is 2.73. The van der Waals surface area contributed by atoms with E-state index in [1.54, 1.807) is 23.5 Å². The fraction of sp³-hybridized carbons (Fsp3) is 0.500. The number of anilines is 1. The minimum Gasteiger partial charge on any atom is -0.337 e. The highest BCUT2D eigenvalue weighted by atomic mass is 32.2. The molecule has 1 heterocycles. The molecule has 6 heteroatoms. The van der Waals surface area contributed by atoms with E-state index in [1.165, 1.54) is 36.0 Å². The third-order valence-electron chi connectivity index (χ3n) is 5.27. The highest BCUT2D eigenvalue weighted by Gasteiger charge is 2.17. The number of nitrogens with zero attached hydrogens (tertiary/aromatic N) is 1. The van der Waals surface area contributed by atoms with Crippen LogP contribution in [0.2, 0.25) is 0 Å². The number of carbonyl (C=O) groups is 1. The van der Waals surface area contributed by atoms with Crippen LogP contribution in [0.25, 0.3) is 0 Å². The molecule has 0 aliphatic carbocycles. The van der Waals surface area contributed by atoms with Gasteiger partial charge in [-0.05, 0) is 56.9 Å². The number of urea groups is 1. The van der Waals surface area contributed by atoms with Crippen molar-refractivity contribution in [2.75, 3.05) is 24.4 Å². The van der Waals surface area contributed by atoms with E-state index in [0.29, 0.717) is 12.5 Å². The number of carbonyl (C=O) groups excluding carboxylic acids is 1. The van der Waals surface area contributed by atoms with Crippen molar-refractivity contribution in [3.63, 3.8) is 0 Å². The molecule has 0 radical (unpaired) electrons. The van der Waals surface area contributed by atoms with Crippen LogP contribution in [0.1, 0.15) is 60.9 Å². The molecule has 2 rings (SSSR count). The van der Waals surface area contributed by atoms with Crippen molar-refractivity contribution in [2.45, 2.75) is 69.2 Å². The first-order chi connectivity index (χ1) is 14.4. The number of benzene rings is 1. The summed E-state index contributed by atoms with van der Waals surface area (Å²) in [5.41, 5.74) is 5.66. The predicted octanol–water partition coefficient (Wildman–Crippen LogP) is 6.94. The Morgan fingerprint density at radius 2 is 1.87 bits per heavy atom. The zero-order valence-electron chi connectivity index (χ0n) is 19.1. The largest absolute Gasteiger partial charge is 0.337 e. The number of thioether (sulfide) groups is 2. The van der Waals surface area contributed by atoms with Crippen molar-refractivity contribution in [1.82, 2.24) is 10.3 Å². The lowest BCUT2D eigenvalue weighted by molar-refractivity contribution is 0.251. The molecule has 2 aromatic rings. The van der Waals surface area contributed by atoms with Crippen LogP contribution < -0.4 is 10.6 Å². The Kier molecular flexibility index (Phi) is 10.1. The summed E-state index contributed by atoms with van der Waals surface area (Å²) in [6.45, 7) is 9.12. The first-order valence-electron chi connectivity index (χ1n) is 10.6. The van der Waals surface area contributed by atoms with Gasteiger partial charge in [0.15, 0.2) is 0 Å². The number of rotatable bonds is 10. The summed E-state index contributed by atoms with van der Waals surface area (Å²) in [6, 6.07) is 8.46. The normalized spacial score (nSPS) is 11.9. The van der Waals surface area contributed by atoms with Gasteiger partial charge in [0.25, 0.3) is 0 Å². The van der Waals surface area contributed by atoms with E-state index in [9.17, 15) is 4.79 Å². The molecular weight excluding hydrogens is 410 g/mol. The second-order valence-electron chi connectivity index (χ2n) is 7.74. The standard InChI is InChI=1S/C24H35N3OS2/c1-7-8-9-10-19(20-13-16(2)11-12-17(20)3)15-25-24(28)27-22-21(29-5)14-18(4)26-23(22)30-6/h11-14,19H,7-10,15H2,1-6H3,(H2,25,27,28). The minimum absolute atomic E-state index is 0.169. The van der Waals surface area contributed by atoms with E-state index >= 15 is 0 Å². The maximum Gasteiger partial charge on any atom is 0.319 e. The minimum atomic E-state index is -0.169. The van der Waals surface area contributed by atoms with E-state index in [0.717, 1.165) is 27.7 Å². The Hall–Kier alpha value is -1.66. The molecule has 0 saturated carbocycles. The third-order valence-corrected chi connectivity index (χ3v) is 6.71. The molecule has 1 aromatic carbocycles. The fourth-order valence-electron chi connectivity index (χ4n) is 3.62. The van der Waals surface area contributed by atoms with Crippen LogP contribution in [0.15, 0.2) is 34.2 Å². The molecule has 0 bridgehead atoms. The number of aryl methyl sites for hydroxylation is 3. The Morgan fingerprint density at radius 1 is 1.10 bits per heavy atom. The monoisotopic (exact) mass is 445 g/mol. The molecule has 2 amide bonds. The molecule has 0 aliphatic rings. The molecule has 1 unspecified atom stereocenters. The van der Waals surface area contributed by atoms with Crippen LogP contribution in [-0.2, 0) is 0 Å². The van der Waals surface area contributed by atoms with Crippen molar-refractivity contribution in [1.29, 1.82) is 0 Å². The van der Waals surface area contributed by atoms with Crippen molar-refractivity contribution >= 4 is 35.2 Å². The van der Waals surface area contributed by atoms with Gasteiger partial charge in [-0.25, -0.2) is 9.78 Å². The maximum absolute atomic E-state index is 12.8. The lowest BCUT2D eigenvalue weighted by Crippen LogP contribution is -2.33. The molecule has 0 fully saturated rings. The summed E-state index contributed by atoms with van der Waals surface area (Å²) in [6.07, 6.45) is 8.68. The van der Waals surface area contributed by atoms with Gasteiger partial charge in [0.2, 0.25) is 0 Å². The van der Waals surface area contributed by atoms with Crippen LogP contribution in [0.4, 0.5) is 10.5 Å². The zero-order valence-corrected chi connectivity index (χ0v) is 20.7. The molecule has 0 aliphatic heterocycles. The smallest absolute Gasteiger partial charge is 0.319 e. The van der Waals surface area contributed by atoms with E-state index in [-0.39, 0.29) is 6.03 Å². The van der Waals surface area contributed by atoms with Gasteiger partial charge in [0.1, 0.15) is 5.03 Å². The molecule has 4 nitrogen and oxygen atoms in total. The molecule has 2 N–H and O–H groups in total. The van der Waals surface area contributed by atoms with Crippen molar-refractivity contribution in [2.24, 2.45) is 0 Å². The van der Waals surface area contributed by atoms with Crippen LogP contribution >= 0.6 is 23.5 Å². The number of hydrogen-bond donors (Lipinski definition) is 2. The van der Waals surface area contributed by atoms with Gasteiger partial charge < -0.3 is 10.6 Å². The first-order valence-corrected chi connectivity index (χ1v) is 13.1. The number of aromatic nitrogens is 1. The van der Waals surface area contributed by atoms with Gasteiger partial charge in [-0.3, -0.25) is 0 Å². The number of hydrogen-bond acceptors (Lipinski definition) is 4. The van der Waals surface area contributed by atoms with Crippen LogP contribution in [-0.4, -0.2) is 30.1 Å². The topological polar surface area (TPSA) is 54.0 Å². The van der Waals surface area contributed by atoms with Gasteiger partial charge in [-0.2, -0.15) is 0 Å². The SMILES string of the molecule is CCCCCC(CNC(=O)Nc1c(SC)cc(C)nc1SC)c1cc(C)ccc1C. The number of unbranched alkanes of at least 4 members (excludes halogenated alkanes) is 2. The average molecular weight is 446 g/mol. The highest BCUT2D eigenvalue weighted by Crippen LogP contribution is 2.33. The Balaban J connectivity index is 2.13. The summed E-state index contributed by atoms with van der Waals surface area (Å²) in [5.74, 6) is 0.318. The van der Waals surface area contributed by atoms with Crippen LogP contribution in [0.3, 0.4) is 0 Å². The van der Waals surface area contributed by atoms with Crippen LogP contribution in [0.5, 0.6) is 0 Å². The number of amides is 2. The van der Waals surface area contributed by atoms with Gasteiger partial charge in [0, 0.05) is 23.1 Å². The molecule has 1 atom stereocenters. The van der Waals surface area contributed by atoms with Gasteiger partial charge in [0.05, 0.1) is 5.69 Å². The lowest BCUT2D eigenvalue weighted by Gasteiger charge is -2.21. The summed E-state index contributed by atoms with van der Waals surface area (Å²) in [4.78, 5) is 18.4. The zero-order chi connectivity index (χ0) is 22.1. The van der Waals surface area contributed by atoms with Crippen molar-refractivity contribution in [3.05, 3.63) is 46.6 Å². The number of pyridine rings is 1. The van der Waals surface area contributed by atoms with E-state index in [4.69, 9.17) is 0 Å². The van der Waals surface area contributed by atoms with E-state index in [1.807, 2.05) is 25.5 Å². The summed E-state index contributed by atoms with van der Waals surface area (Å²) in [7, 11) is 0.